The number of aldehydes is 1. The predicted octanol–water partition coefficient (Wildman–Crippen LogP) is 2.27. The maximum atomic E-state index is 12.5. The van der Waals surface area contributed by atoms with Gasteiger partial charge in [0.05, 0.1) is 0 Å². The molecule has 1 aromatic heterocycles. The van der Waals surface area contributed by atoms with Crippen molar-refractivity contribution in [2.75, 3.05) is 0 Å². The fraction of sp³-hybridized carbons (Fsp3) is 0.333. The Morgan fingerprint density at radius 2 is 1.84 bits per heavy atom. The summed E-state index contributed by atoms with van der Waals surface area (Å²) < 4.78 is 77.0. The van der Waals surface area contributed by atoms with E-state index in [1.54, 1.807) is 0 Å². The molecular formula is C9H6F6N2O2. The second-order valence-electron chi connectivity index (χ2n) is 3.25. The highest BCUT2D eigenvalue weighted by molar-refractivity contribution is 5.76. The Morgan fingerprint density at radius 1 is 1.26 bits per heavy atom. The Kier molecular flexibility index (Phi) is 4.03. The summed E-state index contributed by atoms with van der Waals surface area (Å²) in [5, 5.41) is 0. The molecule has 0 atom stereocenters. The number of hydrogen-bond acceptors (Lipinski definition) is 4. The topological polar surface area (TPSA) is 65.2 Å². The summed E-state index contributed by atoms with van der Waals surface area (Å²) in [7, 11) is 0. The highest BCUT2D eigenvalue weighted by Crippen LogP contribution is 2.34. The van der Waals surface area contributed by atoms with Gasteiger partial charge in [0.25, 0.3) is 0 Å². The summed E-state index contributed by atoms with van der Waals surface area (Å²) in [6.07, 6.45) is -10.4. The lowest BCUT2D eigenvalue weighted by molar-refractivity contribution is -0.274. The fourth-order valence-corrected chi connectivity index (χ4v) is 1.24. The van der Waals surface area contributed by atoms with Gasteiger partial charge in [0, 0.05) is 12.1 Å². The number of pyridine rings is 1. The van der Waals surface area contributed by atoms with E-state index in [1.807, 2.05) is 0 Å². The van der Waals surface area contributed by atoms with Crippen molar-refractivity contribution in [3.05, 3.63) is 23.0 Å². The summed E-state index contributed by atoms with van der Waals surface area (Å²) in [5.74, 6) is -1.13. The van der Waals surface area contributed by atoms with Gasteiger partial charge in [0.1, 0.15) is 11.4 Å². The summed E-state index contributed by atoms with van der Waals surface area (Å²) in [4.78, 5) is 13.3. The summed E-state index contributed by atoms with van der Waals surface area (Å²) in [6.45, 7) is -0.713. The molecule has 106 valence electrons. The molecule has 0 amide bonds. The van der Waals surface area contributed by atoms with E-state index in [0.717, 1.165) is 0 Å². The minimum atomic E-state index is -5.16. The van der Waals surface area contributed by atoms with Gasteiger partial charge in [-0.1, -0.05) is 0 Å². The number of rotatable bonds is 3. The van der Waals surface area contributed by atoms with Crippen LogP contribution in [0.15, 0.2) is 6.07 Å². The Labute approximate surface area is 102 Å². The Morgan fingerprint density at radius 3 is 2.21 bits per heavy atom. The second-order valence-corrected chi connectivity index (χ2v) is 3.25. The average molecular weight is 288 g/mol. The first-order chi connectivity index (χ1) is 8.58. The van der Waals surface area contributed by atoms with Crippen LogP contribution in [0.3, 0.4) is 0 Å². The van der Waals surface area contributed by atoms with Crippen LogP contribution in [0, 0.1) is 0 Å². The van der Waals surface area contributed by atoms with Gasteiger partial charge in [-0.05, 0) is 6.07 Å². The van der Waals surface area contributed by atoms with E-state index >= 15 is 0 Å². The lowest BCUT2D eigenvalue weighted by Gasteiger charge is -2.15. The molecular weight excluding hydrogens is 282 g/mol. The third-order valence-electron chi connectivity index (χ3n) is 1.92. The molecule has 0 aromatic carbocycles. The molecule has 0 fully saturated rings. The first-order valence-electron chi connectivity index (χ1n) is 4.60. The lowest BCUT2D eigenvalue weighted by atomic mass is 10.1. The predicted molar refractivity (Wildman–Crippen MR) is 49.2 cm³/mol. The molecule has 0 bridgehead atoms. The number of aromatic nitrogens is 1. The molecule has 19 heavy (non-hydrogen) atoms. The van der Waals surface area contributed by atoms with Gasteiger partial charge in [-0.15, -0.1) is 13.2 Å². The van der Waals surface area contributed by atoms with E-state index < -0.39 is 41.8 Å². The smallest absolute Gasteiger partial charge is 0.403 e. The average Bonchev–Trinajstić information content (AvgIpc) is 2.24. The van der Waals surface area contributed by atoms with Gasteiger partial charge in [0.2, 0.25) is 0 Å². The first kappa shape index (κ1) is 15.2. The van der Waals surface area contributed by atoms with Crippen molar-refractivity contribution in [2.24, 2.45) is 5.73 Å². The number of ether oxygens (including phenoxy) is 1. The van der Waals surface area contributed by atoms with Crippen LogP contribution in [0.1, 0.15) is 21.7 Å². The van der Waals surface area contributed by atoms with Gasteiger partial charge < -0.3 is 10.5 Å². The van der Waals surface area contributed by atoms with Gasteiger partial charge in [-0.2, -0.15) is 13.2 Å². The molecule has 1 rings (SSSR count). The molecule has 0 saturated carbocycles. The number of nitrogens with zero attached hydrogens (tertiary/aromatic N) is 1. The molecule has 0 spiro atoms. The number of halogens is 6. The van der Waals surface area contributed by atoms with Crippen LogP contribution in [-0.4, -0.2) is 17.6 Å². The van der Waals surface area contributed by atoms with Gasteiger partial charge in [-0.25, -0.2) is 4.98 Å². The van der Waals surface area contributed by atoms with Crippen molar-refractivity contribution in [2.45, 2.75) is 19.1 Å². The molecule has 2 N–H and O–H groups in total. The zero-order chi connectivity index (χ0) is 14.8. The molecule has 1 heterocycles. The summed E-state index contributed by atoms with van der Waals surface area (Å²) >= 11 is 0. The highest BCUT2D eigenvalue weighted by atomic mass is 19.4. The van der Waals surface area contributed by atoms with Crippen LogP contribution in [0.25, 0.3) is 0 Å². The Hall–Kier alpha value is -1.84. The zero-order valence-electron chi connectivity index (χ0n) is 8.97. The summed E-state index contributed by atoms with van der Waals surface area (Å²) in [6, 6.07) is 0.396. The van der Waals surface area contributed by atoms with Crippen LogP contribution in [-0.2, 0) is 12.7 Å². The minimum Gasteiger partial charge on any atom is -0.403 e. The first-order valence-corrected chi connectivity index (χ1v) is 4.60. The van der Waals surface area contributed by atoms with Crippen molar-refractivity contribution in [1.82, 2.24) is 4.98 Å². The lowest BCUT2D eigenvalue weighted by Crippen LogP contribution is -2.21. The molecule has 0 saturated heterocycles. The van der Waals surface area contributed by atoms with Crippen LogP contribution in [0.5, 0.6) is 5.75 Å². The SMILES string of the molecule is NCc1cc(OC(F)(F)F)c(C=O)nc1C(F)(F)F. The van der Waals surface area contributed by atoms with Gasteiger partial charge >= 0.3 is 12.5 Å². The molecule has 4 nitrogen and oxygen atoms in total. The maximum absolute atomic E-state index is 12.5. The fourth-order valence-electron chi connectivity index (χ4n) is 1.24. The standard InChI is InChI=1S/C9H6F6N2O2/c10-8(11,12)7-4(2-16)1-6(5(3-18)17-7)19-9(13,14)15/h1,3H,2,16H2. The largest absolute Gasteiger partial charge is 0.573 e. The molecule has 0 unspecified atom stereocenters. The van der Waals surface area contributed by atoms with Crippen molar-refractivity contribution in [3.63, 3.8) is 0 Å². The van der Waals surface area contributed by atoms with Gasteiger partial charge in [0.15, 0.2) is 12.0 Å². The third-order valence-corrected chi connectivity index (χ3v) is 1.92. The molecule has 1 aromatic rings. The van der Waals surface area contributed by atoms with Gasteiger partial charge in [-0.3, -0.25) is 4.79 Å². The second kappa shape index (κ2) is 5.03. The van der Waals surface area contributed by atoms with E-state index in [-0.39, 0.29) is 6.29 Å². The third kappa shape index (κ3) is 3.81. The summed E-state index contributed by atoms with van der Waals surface area (Å²) in [5.41, 5.74) is 1.66. The Balaban J connectivity index is 3.40. The maximum Gasteiger partial charge on any atom is 0.573 e. The van der Waals surface area contributed by atoms with Crippen LogP contribution in [0.4, 0.5) is 26.3 Å². The van der Waals surface area contributed by atoms with Crippen molar-refractivity contribution in [3.8, 4) is 5.75 Å². The quantitative estimate of drug-likeness (QED) is 0.684. The van der Waals surface area contributed by atoms with E-state index in [0.29, 0.717) is 6.07 Å². The number of carbonyl (C=O) groups is 1. The number of nitrogens with two attached hydrogens (primary N) is 1. The van der Waals surface area contributed by atoms with E-state index in [4.69, 9.17) is 5.73 Å². The van der Waals surface area contributed by atoms with Crippen LogP contribution < -0.4 is 10.5 Å². The Bertz CT molecular complexity index is 483. The zero-order valence-corrected chi connectivity index (χ0v) is 8.97. The number of carbonyl (C=O) groups excluding carboxylic acids is 1. The van der Waals surface area contributed by atoms with Crippen molar-refractivity contribution in [1.29, 1.82) is 0 Å². The highest BCUT2D eigenvalue weighted by Gasteiger charge is 2.38. The normalized spacial score (nSPS) is 12.4. The van der Waals surface area contributed by atoms with Crippen LogP contribution in [0.2, 0.25) is 0 Å². The van der Waals surface area contributed by atoms with Crippen LogP contribution >= 0.6 is 0 Å². The van der Waals surface area contributed by atoms with E-state index in [2.05, 4.69) is 9.72 Å². The minimum absolute atomic E-state index is 0.267. The molecule has 0 aliphatic heterocycles. The van der Waals surface area contributed by atoms with Crippen molar-refractivity contribution >= 4 is 6.29 Å². The van der Waals surface area contributed by atoms with E-state index in [1.165, 1.54) is 0 Å². The molecule has 0 aliphatic rings. The molecule has 0 radical (unpaired) electrons. The monoisotopic (exact) mass is 288 g/mol. The van der Waals surface area contributed by atoms with E-state index in [9.17, 15) is 31.1 Å². The molecule has 10 heteroatoms. The number of hydrogen-bond donors (Lipinski definition) is 1. The number of alkyl halides is 6. The molecule has 0 aliphatic carbocycles. The van der Waals surface area contributed by atoms with Crippen molar-refractivity contribution < 1.29 is 35.9 Å².